The molecule has 1 fully saturated rings. The molecule has 4 nitrogen and oxygen atoms in total. The van der Waals surface area contributed by atoms with Gasteiger partial charge < -0.3 is 10.0 Å². The first-order valence-corrected chi connectivity index (χ1v) is 6.79. The first-order chi connectivity index (χ1) is 8.10. The summed E-state index contributed by atoms with van der Waals surface area (Å²) in [6.45, 7) is 11.2. The molecule has 0 aromatic heterocycles. The maximum atomic E-state index is 11.3. The molecule has 17 heavy (non-hydrogen) atoms. The van der Waals surface area contributed by atoms with Crippen LogP contribution in [0.5, 0.6) is 0 Å². The molecule has 0 aromatic rings. The monoisotopic (exact) mass is 242 g/mol. The number of carboxylic acid groups (broad SMARTS) is 1. The second kappa shape index (κ2) is 6.97. The van der Waals surface area contributed by atoms with E-state index in [9.17, 15) is 9.90 Å². The molecule has 0 bridgehead atoms. The van der Waals surface area contributed by atoms with Crippen LogP contribution in [0, 0.1) is 5.92 Å². The Labute approximate surface area is 105 Å². The molecule has 2 unspecified atom stereocenters. The predicted molar refractivity (Wildman–Crippen MR) is 69.2 cm³/mol. The normalized spacial score (nSPS) is 26.4. The Morgan fingerprint density at radius 2 is 2.06 bits per heavy atom. The van der Waals surface area contributed by atoms with Crippen molar-refractivity contribution in [3.8, 4) is 0 Å². The van der Waals surface area contributed by atoms with Crippen LogP contribution in [0.1, 0.15) is 33.6 Å². The minimum absolute atomic E-state index is 0.276. The lowest BCUT2D eigenvalue weighted by atomic mass is 9.91. The Morgan fingerprint density at radius 1 is 1.41 bits per heavy atom. The summed E-state index contributed by atoms with van der Waals surface area (Å²) in [6.07, 6.45) is 2.17. The van der Waals surface area contributed by atoms with Crippen LogP contribution in [0.25, 0.3) is 0 Å². The SMILES string of the molecule is CCN(CC)CCN1CCCC(C)C1C(=O)O. The first-order valence-electron chi connectivity index (χ1n) is 6.79. The van der Waals surface area contributed by atoms with Crippen molar-refractivity contribution in [1.82, 2.24) is 9.80 Å². The Balaban J connectivity index is 2.51. The number of carboxylic acids is 1. The maximum Gasteiger partial charge on any atom is 0.321 e. The average Bonchev–Trinajstić information content (AvgIpc) is 2.29. The third-order valence-electron chi connectivity index (χ3n) is 3.89. The molecule has 0 spiro atoms. The molecule has 1 heterocycles. The van der Waals surface area contributed by atoms with Crippen LogP contribution >= 0.6 is 0 Å². The van der Waals surface area contributed by atoms with Crippen LogP contribution in [0.15, 0.2) is 0 Å². The molecule has 1 rings (SSSR count). The summed E-state index contributed by atoms with van der Waals surface area (Å²) in [6, 6.07) is -0.278. The van der Waals surface area contributed by atoms with E-state index in [0.29, 0.717) is 0 Å². The highest BCUT2D eigenvalue weighted by Crippen LogP contribution is 2.23. The van der Waals surface area contributed by atoms with Gasteiger partial charge in [-0.05, 0) is 38.4 Å². The molecule has 4 heteroatoms. The number of aliphatic carboxylic acids is 1. The zero-order valence-electron chi connectivity index (χ0n) is 11.4. The van der Waals surface area contributed by atoms with E-state index >= 15 is 0 Å². The fourth-order valence-corrected chi connectivity index (χ4v) is 2.73. The van der Waals surface area contributed by atoms with Gasteiger partial charge in [0.2, 0.25) is 0 Å². The topological polar surface area (TPSA) is 43.8 Å². The summed E-state index contributed by atoms with van der Waals surface area (Å²) in [4.78, 5) is 15.8. The van der Waals surface area contributed by atoms with E-state index in [1.165, 1.54) is 0 Å². The van der Waals surface area contributed by atoms with Crippen LogP contribution in [-0.4, -0.2) is 59.6 Å². The molecule has 0 aromatic carbocycles. The van der Waals surface area contributed by atoms with Crippen LogP contribution in [-0.2, 0) is 4.79 Å². The molecule has 1 aliphatic rings. The van der Waals surface area contributed by atoms with Gasteiger partial charge in [0.05, 0.1) is 0 Å². The van der Waals surface area contributed by atoms with Crippen molar-refractivity contribution in [3.63, 3.8) is 0 Å². The fraction of sp³-hybridized carbons (Fsp3) is 0.923. The molecule has 0 amide bonds. The van der Waals surface area contributed by atoms with Gasteiger partial charge in [0, 0.05) is 13.1 Å². The van der Waals surface area contributed by atoms with Crippen LogP contribution in [0.3, 0.4) is 0 Å². The molecular weight excluding hydrogens is 216 g/mol. The second-order valence-electron chi connectivity index (χ2n) is 4.97. The van der Waals surface area contributed by atoms with E-state index in [0.717, 1.165) is 45.6 Å². The largest absolute Gasteiger partial charge is 0.480 e. The quantitative estimate of drug-likeness (QED) is 0.767. The van der Waals surface area contributed by atoms with Crippen molar-refractivity contribution in [2.75, 3.05) is 32.7 Å². The van der Waals surface area contributed by atoms with Crippen molar-refractivity contribution in [3.05, 3.63) is 0 Å². The standard InChI is InChI=1S/C13H26N2O2/c1-4-14(5-2)9-10-15-8-6-7-11(3)12(15)13(16)17/h11-12H,4-10H2,1-3H3,(H,16,17). The highest BCUT2D eigenvalue weighted by molar-refractivity contribution is 5.74. The number of nitrogens with zero attached hydrogens (tertiary/aromatic N) is 2. The van der Waals surface area contributed by atoms with Crippen molar-refractivity contribution in [2.45, 2.75) is 39.7 Å². The summed E-state index contributed by atoms with van der Waals surface area (Å²) < 4.78 is 0. The summed E-state index contributed by atoms with van der Waals surface area (Å²) >= 11 is 0. The summed E-state index contributed by atoms with van der Waals surface area (Å²) in [5.41, 5.74) is 0. The van der Waals surface area contributed by atoms with Crippen LogP contribution in [0.4, 0.5) is 0 Å². The van der Waals surface area contributed by atoms with E-state index in [-0.39, 0.29) is 12.0 Å². The van der Waals surface area contributed by atoms with Crippen LogP contribution in [0.2, 0.25) is 0 Å². The number of hydrogen-bond acceptors (Lipinski definition) is 3. The van der Waals surface area contributed by atoms with Crippen molar-refractivity contribution >= 4 is 5.97 Å². The van der Waals surface area contributed by atoms with Gasteiger partial charge in [-0.1, -0.05) is 20.8 Å². The van der Waals surface area contributed by atoms with E-state index in [2.05, 4.69) is 30.6 Å². The van der Waals surface area contributed by atoms with E-state index in [1.807, 2.05) is 0 Å². The highest BCUT2D eigenvalue weighted by Gasteiger charge is 2.33. The predicted octanol–water partition coefficient (Wildman–Crippen LogP) is 1.51. The van der Waals surface area contributed by atoms with Gasteiger partial charge in [0.25, 0.3) is 0 Å². The lowest BCUT2D eigenvalue weighted by Crippen LogP contribution is -2.51. The van der Waals surface area contributed by atoms with E-state index in [1.54, 1.807) is 0 Å². The van der Waals surface area contributed by atoms with Gasteiger partial charge >= 0.3 is 5.97 Å². The van der Waals surface area contributed by atoms with Gasteiger partial charge in [-0.2, -0.15) is 0 Å². The second-order valence-corrected chi connectivity index (χ2v) is 4.97. The van der Waals surface area contributed by atoms with Crippen molar-refractivity contribution in [1.29, 1.82) is 0 Å². The third-order valence-corrected chi connectivity index (χ3v) is 3.89. The third kappa shape index (κ3) is 3.96. The van der Waals surface area contributed by atoms with Gasteiger partial charge in [0.1, 0.15) is 6.04 Å². The lowest BCUT2D eigenvalue weighted by Gasteiger charge is -2.38. The first kappa shape index (κ1) is 14.5. The molecule has 0 radical (unpaired) electrons. The zero-order valence-corrected chi connectivity index (χ0v) is 11.4. The number of likely N-dealkylation sites (tertiary alicyclic amines) is 1. The smallest absolute Gasteiger partial charge is 0.321 e. The molecule has 0 saturated carbocycles. The van der Waals surface area contributed by atoms with Gasteiger partial charge in [0.15, 0.2) is 0 Å². The number of hydrogen-bond donors (Lipinski definition) is 1. The molecule has 1 N–H and O–H groups in total. The Hall–Kier alpha value is -0.610. The highest BCUT2D eigenvalue weighted by atomic mass is 16.4. The molecule has 0 aliphatic carbocycles. The van der Waals surface area contributed by atoms with Gasteiger partial charge in [-0.15, -0.1) is 0 Å². The van der Waals surface area contributed by atoms with Crippen molar-refractivity contribution in [2.24, 2.45) is 5.92 Å². The number of piperidine rings is 1. The number of likely N-dealkylation sites (N-methyl/N-ethyl adjacent to an activating group) is 1. The summed E-state index contributed by atoms with van der Waals surface area (Å²) in [7, 11) is 0. The molecule has 2 atom stereocenters. The molecule has 100 valence electrons. The minimum atomic E-state index is -0.656. The van der Waals surface area contributed by atoms with Crippen LogP contribution < -0.4 is 0 Å². The Kier molecular flexibility index (Phi) is 5.92. The van der Waals surface area contributed by atoms with E-state index < -0.39 is 5.97 Å². The van der Waals surface area contributed by atoms with Crippen molar-refractivity contribution < 1.29 is 9.90 Å². The summed E-state index contributed by atoms with van der Waals surface area (Å²) in [5.74, 6) is -0.380. The Morgan fingerprint density at radius 3 is 2.59 bits per heavy atom. The number of rotatable bonds is 6. The Bertz CT molecular complexity index is 242. The average molecular weight is 242 g/mol. The number of carbonyl (C=O) groups is 1. The molecule has 1 saturated heterocycles. The molecule has 1 aliphatic heterocycles. The van der Waals surface area contributed by atoms with E-state index in [4.69, 9.17) is 0 Å². The summed E-state index contributed by atoms with van der Waals surface area (Å²) in [5, 5.41) is 9.30. The maximum absolute atomic E-state index is 11.3. The lowest BCUT2D eigenvalue weighted by molar-refractivity contribution is -0.146. The van der Waals surface area contributed by atoms with Gasteiger partial charge in [-0.25, -0.2) is 0 Å². The molecular formula is C13H26N2O2. The minimum Gasteiger partial charge on any atom is -0.480 e. The zero-order chi connectivity index (χ0) is 12.8. The fourth-order valence-electron chi connectivity index (χ4n) is 2.73. The van der Waals surface area contributed by atoms with Gasteiger partial charge in [-0.3, -0.25) is 9.69 Å².